The number of rotatable bonds is 4. The monoisotopic (exact) mass is 284 g/mol. The van der Waals surface area contributed by atoms with E-state index in [9.17, 15) is 4.79 Å². The van der Waals surface area contributed by atoms with E-state index in [1.54, 1.807) is 12.5 Å². The molecule has 3 rings (SSSR count). The Morgan fingerprint density at radius 1 is 1.19 bits per heavy atom. The summed E-state index contributed by atoms with van der Waals surface area (Å²) in [5, 5.41) is 2.91. The zero-order valence-electron chi connectivity index (χ0n) is 12.0. The third-order valence-electron chi connectivity index (χ3n) is 3.78. The van der Waals surface area contributed by atoms with Crippen LogP contribution in [-0.2, 0) is 11.2 Å². The minimum absolute atomic E-state index is 0.0371. The lowest BCUT2D eigenvalue weighted by molar-refractivity contribution is -0.115. The summed E-state index contributed by atoms with van der Waals surface area (Å²) < 4.78 is 0. The fraction of sp³-hybridized carbons (Fsp3) is 0.375. The number of imidazole rings is 1. The second-order valence-electron chi connectivity index (χ2n) is 5.40. The summed E-state index contributed by atoms with van der Waals surface area (Å²) in [5.41, 5.74) is 2.89. The topological polar surface area (TPSA) is 61.0 Å². The molecule has 0 atom stereocenters. The second kappa shape index (κ2) is 6.43. The highest BCUT2D eigenvalue weighted by molar-refractivity contribution is 5.92. The Balaban J connectivity index is 1.57. The molecule has 0 aliphatic carbocycles. The SMILES string of the molecule is O=C(Cc1cnc[nH]1)Nc1ccc(N2CCCCC2)cc1. The first-order chi connectivity index (χ1) is 10.3. The number of nitrogens with zero attached hydrogens (tertiary/aromatic N) is 2. The Morgan fingerprint density at radius 3 is 2.62 bits per heavy atom. The van der Waals surface area contributed by atoms with E-state index in [1.807, 2.05) is 12.1 Å². The van der Waals surface area contributed by atoms with Crippen molar-refractivity contribution in [2.75, 3.05) is 23.3 Å². The fourth-order valence-corrected chi connectivity index (χ4v) is 2.67. The largest absolute Gasteiger partial charge is 0.372 e. The molecule has 1 amide bonds. The van der Waals surface area contributed by atoms with Gasteiger partial charge in [0, 0.05) is 36.4 Å². The lowest BCUT2D eigenvalue weighted by Gasteiger charge is -2.28. The van der Waals surface area contributed by atoms with Crippen LogP contribution >= 0.6 is 0 Å². The molecule has 0 spiro atoms. The first-order valence-corrected chi connectivity index (χ1v) is 7.43. The Kier molecular flexibility index (Phi) is 4.19. The van der Waals surface area contributed by atoms with Gasteiger partial charge in [-0.15, -0.1) is 0 Å². The Hall–Kier alpha value is -2.30. The molecule has 1 aliphatic heterocycles. The number of hydrogen-bond acceptors (Lipinski definition) is 3. The van der Waals surface area contributed by atoms with Crippen LogP contribution in [0.2, 0.25) is 0 Å². The summed E-state index contributed by atoms with van der Waals surface area (Å²) in [6.45, 7) is 2.26. The van der Waals surface area contributed by atoms with Crippen LogP contribution in [0.4, 0.5) is 11.4 Å². The van der Waals surface area contributed by atoms with Gasteiger partial charge in [0.1, 0.15) is 0 Å². The van der Waals surface area contributed by atoms with Crippen molar-refractivity contribution in [1.82, 2.24) is 9.97 Å². The lowest BCUT2D eigenvalue weighted by atomic mass is 10.1. The number of carbonyl (C=O) groups excluding carboxylic acids is 1. The molecule has 0 bridgehead atoms. The van der Waals surface area contributed by atoms with Gasteiger partial charge in [-0.1, -0.05) is 0 Å². The van der Waals surface area contributed by atoms with Gasteiger partial charge in [-0.3, -0.25) is 4.79 Å². The Bertz CT molecular complexity index is 571. The zero-order chi connectivity index (χ0) is 14.5. The molecule has 1 aliphatic rings. The van der Waals surface area contributed by atoms with E-state index in [4.69, 9.17) is 0 Å². The van der Waals surface area contributed by atoms with Crippen LogP contribution in [0.3, 0.4) is 0 Å². The number of carbonyl (C=O) groups is 1. The number of H-pyrrole nitrogens is 1. The zero-order valence-corrected chi connectivity index (χ0v) is 12.0. The lowest BCUT2D eigenvalue weighted by Crippen LogP contribution is -2.29. The van der Waals surface area contributed by atoms with Gasteiger partial charge in [0.15, 0.2) is 0 Å². The molecule has 0 saturated carbocycles. The van der Waals surface area contributed by atoms with Crippen LogP contribution in [0.15, 0.2) is 36.8 Å². The predicted octanol–water partition coefficient (Wildman–Crippen LogP) is 2.58. The van der Waals surface area contributed by atoms with Gasteiger partial charge < -0.3 is 15.2 Å². The molecule has 0 radical (unpaired) electrons. The number of amides is 1. The maximum absolute atomic E-state index is 11.9. The van der Waals surface area contributed by atoms with Crippen molar-refractivity contribution < 1.29 is 4.79 Å². The smallest absolute Gasteiger partial charge is 0.230 e. The summed E-state index contributed by atoms with van der Waals surface area (Å²) in [6, 6.07) is 8.10. The van der Waals surface area contributed by atoms with Crippen LogP contribution in [0, 0.1) is 0 Å². The van der Waals surface area contributed by atoms with Crippen molar-refractivity contribution >= 4 is 17.3 Å². The number of nitrogens with one attached hydrogen (secondary N) is 2. The number of anilines is 2. The molecule has 2 heterocycles. The van der Waals surface area contributed by atoms with E-state index in [2.05, 4.69) is 32.3 Å². The van der Waals surface area contributed by atoms with Crippen LogP contribution in [0.1, 0.15) is 25.0 Å². The molecule has 5 nitrogen and oxygen atoms in total. The van der Waals surface area contributed by atoms with Gasteiger partial charge in [0.25, 0.3) is 0 Å². The van der Waals surface area contributed by atoms with E-state index in [0.717, 1.165) is 24.5 Å². The van der Waals surface area contributed by atoms with Crippen molar-refractivity contribution in [2.45, 2.75) is 25.7 Å². The summed E-state index contributed by atoms with van der Waals surface area (Å²) in [6.07, 6.45) is 7.42. The normalized spacial score (nSPS) is 15.0. The van der Waals surface area contributed by atoms with Crippen LogP contribution in [0.25, 0.3) is 0 Å². The highest BCUT2D eigenvalue weighted by atomic mass is 16.1. The van der Waals surface area contributed by atoms with E-state index in [0.29, 0.717) is 6.42 Å². The molecule has 1 fully saturated rings. The highest BCUT2D eigenvalue weighted by Crippen LogP contribution is 2.21. The van der Waals surface area contributed by atoms with Gasteiger partial charge in [0.05, 0.1) is 12.7 Å². The van der Waals surface area contributed by atoms with Crippen LogP contribution < -0.4 is 10.2 Å². The van der Waals surface area contributed by atoms with E-state index in [-0.39, 0.29) is 5.91 Å². The third kappa shape index (κ3) is 3.62. The average molecular weight is 284 g/mol. The minimum atomic E-state index is -0.0371. The van der Waals surface area contributed by atoms with Crippen molar-refractivity contribution in [3.8, 4) is 0 Å². The number of piperidine rings is 1. The Morgan fingerprint density at radius 2 is 1.95 bits per heavy atom. The van der Waals surface area contributed by atoms with Crippen LogP contribution in [0.5, 0.6) is 0 Å². The standard InChI is InChI=1S/C16H20N4O/c21-16(10-14-11-17-12-18-14)19-13-4-6-15(7-5-13)20-8-2-1-3-9-20/h4-7,11-12H,1-3,8-10H2,(H,17,18)(H,19,21). The Labute approximate surface area is 124 Å². The molecule has 1 saturated heterocycles. The summed E-state index contributed by atoms with van der Waals surface area (Å²) in [5.74, 6) is -0.0371. The maximum atomic E-state index is 11.9. The van der Waals surface area contributed by atoms with E-state index >= 15 is 0 Å². The molecule has 1 aromatic carbocycles. The van der Waals surface area contributed by atoms with Crippen molar-refractivity contribution in [2.24, 2.45) is 0 Å². The molecule has 2 aromatic rings. The molecule has 5 heteroatoms. The molecule has 2 N–H and O–H groups in total. The summed E-state index contributed by atoms with van der Waals surface area (Å²) >= 11 is 0. The van der Waals surface area contributed by atoms with Gasteiger partial charge in [0.2, 0.25) is 5.91 Å². The number of aromatic nitrogens is 2. The first kappa shape index (κ1) is 13.7. The quantitative estimate of drug-likeness (QED) is 0.907. The van der Waals surface area contributed by atoms with Gasteiger partial charge >= 0.3 is 0 Å². The highest BCUT2D eigenvalue weighted by Gasteiger charge is 2.11. The van der Waals surface area contributed by atoms with Crippen molar-refractivity contribution in [1.29, 1.82) is 0 Å². The number of aromatic amines is 1. The van der Waals surface area contributed by atoms with Gasteiger partial charge in [-0.25, -0.2) is 4.98 Å². The number of benzene rings is 1. The minimum Gasteiger partial charge on any atom is -0.372 e. The third-order valence-corrected chi connectivity index (χ3v) is 3.78. The van der Waals surface area contributed by atoms with Crippen molar-refractivity contribution in [3.63, 3.8) is 0 Å². The summed E-state index contributed by atoms with van der Waals surface area (Å²) in [4.78, 5) is 21.1. The average Bonchev–Trinajstić information content (AvgIpc) is 3.02. The predicted molar refractivity (Wildman–Crippen MR) is 83.4 cm³/mol. The fourth-order valence-electron chi connectivity index (χ4n) is 2.67. The first-order valence-electron chi connectivity index (χ1n) is 7.43. The molecule has 1 aromatic heterocycles. The molecular formula is C16H20N4O. The molecule has 110 valence electrons. The van der Waals surface area contributed by atoms with E-state index < -0.39 is 0 Å². The molecule has 0 unspecified atom stereocenters. The van der Waals surface area contributed by atoms with Gasteiger partial charge in [-0.05, 0) is 43.5 Å². The van der Waals surface area contributed by atoms with Gasteiger partial charge in [-0.2, -0.15) is 0 Å². The second-order valence-corrected chi connectivity index (χ2v) is 5.40. The molecule has 21 heavy (non-hydrogen) atoms. The number of hydrogen-bond donors (Lipinski definition) is 2. The van der Waals surface area contributed by atoms with Crippen LogP contribution in [-0.4, -0.2) is 29.0 Å². The molecular weight excluding hydrogens is 264 g/mol. The summed E-state index contributed by atoms with van der Waals surface area (Å²) in [7, 11) is 0. The van der Waals surface area contributed by atoms with Crippen molar-refractivity contribution in [3.05, 3.63) is 42.5 Å². The van der Waals surface area contributed by atoms with E-state index in [1.165, 1.54) is 24.9 Å². The maximum Gasteiger partial charge on any atom is 0.230 e.